The molecule has 1 aliphatic heterocycles. The van der Waals surface area contributed by atoms with Crippen LogP contribution in [0, 0.1) is 0 Å². The van der Waals surface area contributed by atoms with Crippen LogP contribution in [0.3, 0.4) is 0 Å². The Balaban J connectivity index is 1.82. The van der Waals surface area contributed by atoms with E-state index >= 15 is 0 Å². The van der Waals surface area contributed by atoms with Crippen LogP contribution in [0.4, 0.5) is 10.5 Å². The summed E-state index contributed by atoms with van der Waals surface area (Å²) in [5.41, 5.74) is 0.656. The van der Waals surface area contributed by atoms with Gasteiger partial charge in [0.05, 0.1) is 0 Å². The highest BCUT2D eigenvalue weighted by molar-refractivity contribution is 6.08. The van der Waals surface area contributed by atoms with Gasteiger partial charge in [-0.1, -0.05) is 32.9 Å². The number of urea groups is 1. The third-order valence-corrected chi connectivity index (χ3v) is 4.13. The molecule has 0 bridgehead atoms. The minimum absolute atomic E-state index is 0.00589. The normalized spacial score (nSPS) is 16.1. The van der Waals surface area contributed by atoms with E-state index < -0.39 is 42.5 Å². The maximum Gasteiger partial charge on any atom is 0.326 e. The lowest BCUT2D eigenvalue weighted by Crippen LogP contribution is -2.41. The summed E-state index contributed by atoms with van der Waals surface area (Å²) in [7, 11) is 0. The van der Waals surface area contributed by atoms with E-state index in [4.69, 9.17) is 4.74 Å². The van der Waals surface area contributed by atoms with Gasteiger partial charge in [0.2, 0.25) is 0 Å². The Morgan fingerprint density at radius 3 is 2.22 bits per heavy atom. The van der Waals surface area contributed by atoms with Crippen molar-refractivity contribution < 1.29 is 23.9 Å². The SMILES string of the molecule is CC1(C)NC(=O)N(CC(=O)OCC(=O)Nc2ccc(C(C)(C)C)cc2)C1=O. The first-order valence-corrected chi connectivity index (χ1v) is 8.60. The first-order valence-electron chi connectivity index (χ1n) is 8.60. The van der Waals surface area contributed by atoms with E-state index in [9.17, 15) is 19.2 Å². The molecule has 8 heteroatoms. The van der Waals surface area contributed by atoms with E-state index in [2.05, 4.69) is 31.4 Å². The number of amides is 4. The number of benzene rings is 1. The molecule has 27 heavy (non-hydrogen) atoms. The predicted octanol–water partition coefficient (Wildman–Crippen LogP) is 1.80. The van der Waals surface area contributed by atoms with Crippen molar-refractivity contribution in [2.75, 3.05) is 18.5 Å². The van der Waals surface area contributed by atoms with Crippen molar-refractivity contribution >= 4 is 29.5 Å². The predicted molar refractivity (Wildman–Crippen MR) is 99.1 cm³/mol. The van der Waals surface area contributed by atoms with Gasteiger partial charge in [0.25, 0.3) is 11.8 Å². The second-order valence-corrected chi connectivity index (χ2v) is 7.98. The highest BCUT2D eigenvalue weighted by Crippen LogP contribution is 2.23. The quantitative estimate of drug-likeness (QED) is 0.603. The van der Waals surface area contributed by atoms with Gasteiger partial charge in [0.1, 0.15) is 12.1 Å². The summed E-state index contributed by atoms with van der Waals surface area (Å²) in [6.45, 7) is 8.30. The van der Waals surface area contributed by atoms with Crippen LogP contribution in [0.1, 0.15) is 40.2 Å². The fourth-order valence-electron chi connectivity index (χ4n) is 2.53. The van der Waals surface area contributed by atoms with E-state index in [1.165, 1.54) is 13.8 Å². The first-order chi connectivity index (χ1) is 12.4. The van der Waals surface area contributed by atoms with Crippen molar-refractivity contribution in [2.24, 2.45) is 0 Å². The summed E-state index contributed by atoms with van der Waals surface area (Å²) in [5, 5.41) is 5.09. The summed E-state index contributed by atoms with van der Waals surface area (Å²) < 4.78 is 4.86. The van der Waals surface area contributed by atoms with E-state index in [1.807, 2.05) is 12.1 Å². The Labute approximate surface area is 158 Å². The summed E-state index contributed by atoms with van der Waals surface area (Å²) in [6.07, 6.45) is 0. The Morgan fingerprint density at radius 1 is 1.15 bits per heavy atom. The second kappa shape index (κ2) is 7.38. The summed E-state index contributed by atoms with van der Waals surface area (Å²) in [5.74, 6) is -1.87. The molecule has 8 nitrogen and oxygen atoms in total. The van der Waals surface area contributed by atoms with Crippen molar-refractivity contribution in [1.29, 1.82) is 0 Å². The van der Waals surface area contributed by atoms with Crippen molar-refractivity contribution in [2.45, 2.75) is 45.6 Å². The monoisotopic (exact) mass is 375 g/mol. The molecule has 0 aliphatic carbocycles. The number of imide groups is 1. The summed E-state index contributed by atoms with van der Waals surface area (Å²) in [6, 6.07) is 6.72. The lowest BCUT2D eigenvalue weighted by atomic mass is 9.87. The van der Waals surface area contributed by atoms with Gasteiger partial charge in [-0.2, -0.15) is 0 Å². The molecule has 0 spiro atoms. The van der Waals surface area contributed by atoms with E-state index in [1.54, 1.807) is 12.1 Å². The maximum absolute atomic E-state index is 12.0. The Morgan fingerprint density at radius 2 is 1.74 bits per heavy atom. The van der Waals surface area contributed by atoms with Gasteiger partial charge >= 0.3 is 12.0 Å². The van der Waals surface area contributed by atoms with Gasteiger partial charge in [-0.05, 0) is 37.0 Å². The maximum atomic E-state index is 12.0. The lowest BCUT2D eigenvalue weighted by molar-refractivity contribution is -0.150. The molecular formula is C19H25N3O5. The molecule has 1 saturated heterocycles. The van der Waals surface area contributed by atoms with Crippen LogP contribution in [-0.4, -0.2) is 47.4 Å². The van der Waals surface area contributed by atoms with E-state index in [0.29, 0.717) is 5.69 Å². The lowest BCUT2D eigenvalue weighted by Gasteiger charge is -2.19. The molecule has 1 aliphatic rings. The highest BCUT2D eigenvalue weighted by atomic mass is 16.5. The fraction of sp³-hybridized carbons (Fsp3) is 0.474. The van der Waals surface area contributed by atoms with Gasteiger partial charge in [-0.15, -0.1) is 0 Å². The van der Waals surface area contributed by atoms with Crippen LogP contribution in [0.25, 0.3) is 0 Å². The molecule has 1 heterocycles. The molecule has 0 atom stereocenters. The molecule has 0 unspecified atom stereocenters. The van der Waals surface area contributed by atoms with Crippen molar-refractivity contribution in [3.8, 4) is 0 Å². The molecule has 1 aromatic carbocycles. The number of nitrogens with zero attached hydrogens (tertiary/aromatic N) is 1. The topological polar surface area (TPSA) is 105 Å². The zero-order valence-electron chi connectivity index (χ0n) is 16.2. The number of rotatable bonds is 5. The van der Waals surface area contributed by atoms with Gasteiger partial charge in [-0.3, -0.25) is 19.3 Å². The second-order valence-electron chi connectivity index (χ2n) is 7.98. The first kappa shape index (κ1) is 20.4. The third-order valence-electron chi connectivity index (χ3n) is 4.13. The molecule has 1 aromatic rings. The van der Waals surface area contributed by atoms with E-state index in [-0.39, 0.29) is 5.41 Å². The number of nitrogens with one attached hydrogen (secondary N) is 2. The number of anilines is 1. The van der Waals surface area contributed by atoms with E-state index in [0.717, 1.165) is 10.5 Å². The average molecular weight is 375 g/mol. The molecule has 2 N–H and O–H groups in total. The zero-order valence-corrected chi connectivity index (χ0v) is 16.2. The number of carbonyl (C=O) groups excluding carboxylic acids is 4. The number of ether oxygens (including phenoxy) is 1. The van der Waals surface area contributed by atoms with Gasteiger partial charge in [-0.25, -0.2) is 4.79 Å². The minimum atomic E-state index is -1.06. The number of hydrogen-bond donors (Lipinski definition) is 2. The van der Waals surface area contributed by atoms with Crippen LogP contribution in [0.5, 0.6) is 0 Å². The average Bonchev–Trinajstić information content (AvgIpc) is 2.74. The smallest absolute Gasteiger partial charge is 0.326 e. The van der Waals surface area contributed by atoms with Crippen LogP contribution >= 0.6 is 0 Å². The fourth-order valence-corrected chi connectivity index (χ4v) is 2.53. The Hall–Kier alpha value is -2.90. The molecule has 1 fully saturated rings. The Kier molecular flexibility index (Phi) is 5.58. The summed E-state index contributed by atoms with van der Waals surface area (Å²) >= 11 is 0. The summed E-state index contributed by atoms with van der Waals surface area (Å²) in [4.78, 5) is 48.3. The van der Waals surface area contributed by atoms with Crippen LogP contribution in [-0.2, 0) is 24.5 Å². The number of carbonyl (C=O) groups is 4. The van der Waals surface area contributed by atoms with Crippen LogP contribution < -0.4 is 10.6 Å². The van der Waals surface area contributed by atoms with Gasteiger partial charge < -0.3 is 15.4 Å². The molecular weight excluding hydrogens is 350 g/mol. The molecule has 0 radical (unpaired) electrons. The van der Waals surface area contributed by atoms with Gasteiger partial charge in [0.15, 0.2) is 6.61 Å². The molecule has 0 aromatic heterocycles. The minimum Gasteiger partial charge on any atom is -0.454 e. The molecule has 4 amide bonds. The standard InChI is InChI=1S/C19H25N3O5/c1-18(2,3)12-6-8-13(9-7-12)20-14(23)11-27-15(24)10-22-16(25)19(4,5)21-17(22)26/h6-9H,10-11H2,1-5H3,(H,20,23)(H,21,26). The van der Waals surface area contributed by atoms with Crippen molar-refractivity contribution in [3.63, 3.8) is 0 Å². The third kappa shape index (κ3) is 5.06. The zero-order chi connectivity index (χ0) is 20.4. The number of esters is 1. The Bertz CT molecular complexity index is 763. The van der Waals surface area contributed by atoms with Crippen molar-refractivity contribution in [3.05, 3.63) is 29.8 Å². The molecule has 146 valence electrons. The van der Waals surface area contributed by atoms with Crippen molar-refractivity contribution in [1.82, 2.24) is 10.2 Å². The highest BCUT2D eigenvalue weighted by Gasteiger charge is 2.45. The van der Waals surface area contributed by atoms with Gasteiger partial charge in [0, 0.05) is 5.69 Å². The molecule has 2 rings (SSSR count). The van der Waals surface area contributed by atoms with Crippen LogP contribution in [0.2, 0.25) is 0 Å². The largest absolute Gasteiger partial charge is 0.454 e. The molecule has 0 saturated carbocycles. The van der Waals surface area contributed by atoms with Crippen LogP contribution in [0.15, 0.2) is 24.3 Å². The number of hydrogen-bond acceptors (Lipinski definition) is 5.